The standard InChI is InChI=1S/C19H26N2O3S2/c1-4-7-8-16(22)13-19-20-18(14-25-19)15-9-11-17(12-10-15)26(23,24)21(5-2)6-3/h9-12,14H,4-8,13H2,1-3H3. The van der Waals surface area contributed by atoms with Gasteiger partial charge in [0.15, 0.2) is 0 Å². The van der Waals surface area contributed by atoms with E-state index in [4.69, 9.17) is 0 Å². The molecule has 0 amide bonds. The van der Waals surface area contributed by atoms with Crippen molar-refractivity contribution in [3.63, 3.8) is 0 Å². The quantitative estimate of drug-likeness (QED) is 0.607. The van der Waals surface area contributed by atoms with Crippen LogP contribution in [0.25, 0.3) is 11.3 Å². The van der Waals surface area contributed by atoms with Crippen LogP contribution in [0.5, 0.6) is 0 Å². The van der Waals surface area contributed by atoms with Crippen LogP contribution in [-0.2, 0) is 21.2 Å². The monoisotopic (exact) mass is 394 g/mol. The Kier molecular flexibility index (Phi) is 7.49. The number of rotatable bonds is 10. The summed E-state index contributed by atoms with van der Waals surface area (Å²) in [6, 6.07) is 6.78. The van der Waals surface area contributed by atoms with E-state index < -0.39 is 10.0 Å². The first-order valence-electron chi connectivity index (χ1n) is 8.99. The number of carbonyl (C=O) groups excluding carboxylic acids is 1. The lowest BCUT2D eigenvalue weighted by atomic mass is 10.1. The highest BCUT2D eigenvalue weighted by atomic mass is 32.2. The second kappa shape index (κ2) is 9.39. The van der Waals surface area contributed by atoms with Crippen LogP contribution in [0.2, 0.25) is 0 Å². The van der Waals surface area contributed by atoms with E-state index in [1.807, 2.05) is 19.2 Å². The SMILES string of the molecule is CCCCC(=O)Cc1nc(-c2ccc(S(=O)(=O)N(CC)CC)cc2)cs1. The highest BCUT2D eigenvalue weighted by Crippen LogP contribution is 2.25. The molecular formula is C19H26N2O3S2. The minimum absolute atomic E-state index is 0.216. The Bertz CT molecular complexity index is 823. The molecule has 26 heavy (non-hydrogen) atoms. The molecule has 0 spiro atoms. The van der Waals surface area contributed by atoms with Gasteiger partial charge in [0, 0.05) is 30.5 Å². The highest BCUT2D eigenvalue weighted by Gasteiger charge is 2.21. The van der Waals surface area contributed by atoms with Crippen LogP contribution in [0.4, 0.5) is 0 Å². The van der Waals surface area contributed by atoms with Crippen LogP contribution < -0.4 is 0 Å². The Morgan fingerprint density at radius 1 is 1.12 bits per heavy atom. The Labute approximate surface area is 160 Å². The van der Waals surface area contributed by atoms with Gasteiger partial charge in [-0.3, -0.25) is 4.79 Å². The van der Waals surface area contributed by atoms with Crippen molar-refractivity contribution in [2.45, 2.75) is 51.3 Å². The molecule has 2 aromatic rings. The van der Waals surface area contributed by atoms with Crippen molar-refractivity contribution in [2.24, 2.45) is 0 Å². The number of hydrogen-bond donors (Lipinski definition) is 0. The van der Waals surface area contributed by atoms with Gasteiger partial charge in [-0.25, -0.2) is 13.4 Å². The van der Waals surface area contributed by atoms with Gasteiger partial charge in [0.2, 0.25) is 10.0 Å². The predicted molar refractivity (Wildman–Crippen MR) is 106 cm³/mol. The van der Waals surface area contributed by atoms with Crippen molar-refractivity contribution in [3.8, 4) is 11.3 Å². The molecule has 1 aromatic heterocycles. The van der Waals surface area contributed by atoms with E-state index in [2.05, 4.69) is 11.9 Å². The fourth-order valence-corrected chi connectivity index (χ4v) is 4.96. The Balaban J connectivity index is 2.13. The van der Waals surface area contributed by atoms with Crippen molar-refractivity contribution in [3.05, 3.63) is 34.7 Å². The summed E-state index contributed by atoms with van der Waals surface area (Å²) < 4.78 is 26.5. The normalized spacial score (nSPS) is 11.8. The van der Waals surface area contributed by atoms with E-state index in [0.717, 1.165) is 29.1 Å². The van der Waals surface area contributed by atoms with Crippen molar-refractivity contribution < 1.29 is 13.2 Å². The topological polar surface area (TPSA) is 67.3 Å². The third-order valence-electron chi connectivity index (χ3n) is 4.20. The van der Waals surface area contributed by atoms with Gasteiger partial charge < -0.3 is 0 Å². The summed E-state index contributed by atoms with van der Waals surface area (Å²) >= 11 is 1.47. The third-order valence-corrected chi connectivity index (χ3v) is 7.12. The third kappa shape index (κ3) is 4.99. The zero-order valence-corrected chi connectivity index (χ0v) is 17.2. The molecule has 1 heterocycles. The van der Waals surface area contributed by atoms with E-state index in [0.29, 0.717) is 25.9 Å². The Morgan fingerprint density at radius 3 is 2.35 bits per heavy atom. The van der Waals surface area contributed by atoms with Crippen LogP contribution in [0.15, 0.2) is 34.5 Å². The molecule has 0 atom stereocenters. The number of ketones is 1. The van der Waals surface area contributed by atoms with Gasteiger partial charge in [-0.15, -0.1) is 11.3 Å². The van der Waals surface area contributed by atoms with Gasteiger partial charge >= 0.3 is 0 Å². The van der Waals surface area contributed by atoms with Crippen LogP contribution in [0.3, 0.4) is 0 Å². The zero-order valence-electron chi connectivity index (χ0n) is 15.6. The number of sulfonamides is 1. The van der Waals surface area contributed by atoms with E-state index >= 15 is 0 Å². The summed E-state index contributed by atoms with van der Waals surface area (Å²) in [5, 5.41) is 2.72. The average molecular weight is 395 g/mol. The number of hydrogen-bond acceptors (Lipinski definition) is 5. The van der Waals surface area contributed by atoms with Crippen LogP contribution in [0, 0.1) is 0 Å². The summed E-state index contributed by atoms with van der Waals surface area (Å²) in [5.74, 6) is 0.216. The molecule has 0 saturated heterocycles. The number of thiazole rings is 1. The van der Waals surface area contributed by atoms with Crippen molar-refractivity contribution in [1.82, 2.24) is 9.29 Å². The van der Waals surface area contributed by atoms with Gasteiger partial charge in [-0.1, -0.05) is 39.3 Å². The molecule has 0 unspecified atom stereocenters. The molecule has 0 radical (unpaired) electrons. The molecule has 0 fully saturated rings. The maximum atomic E-state index is 12.5. The van der Waals surface area contributed by atoms with E-state index in [1.54, 1.807) is 24.3 Å². The van der Waals surface area contributed by atoms with Gasteiger partial charge in [0.25, 0.3) is 0 Å². The second-order valence-corrected chi connectivity index (χ2v) is 8.94. The van der Waals surface area contributed by atoms with Crippen LogP contribution >= 0.6 is 11.3 Å². The number of carbonyl (C=O) groups is 1. The Morgan fingerprint density at radius 2 is 1.77 bits per heavy atom. The number of unbranched alkanes of at least 4 members (excludes halogenated alkanes) is 1. The molecule has 2 rings (SSSR count). The largest absolute Gasteiger partial charge is 0.299 e. The molecular weight excluding hydrogens is 368 g/mol. The van der Waals surface area contributed by atoms with Gasteiger partial charge in [-0.2, -0.15) is 4.31 Å². The highest BCUT2D eigenvalue weighted by molar-refractivity contribution is 7.89. The fraction of sp³-hybridized carbons (Fsp3) is 0.474. The molecule has 142 valence electrons. The first-order chi connectivity index (χ1) is 12.4. The summed E-state index contributed by atoms with van der Waals surface area (Å²) in [5.41, 5.74) is 1.63. The van der Waals surface area contributed by atoms with Gasteiger partial charge in [0.1, 0.15) is 10.8 Å². The number of nitrogens with zero attached hydrogens (tertiary/aromatic N) is 2. The summed E-state index contributed by atoms with van der Waals surface area (Å²) in [6.07, 6.45) is 2.90. The molecule has 0 N–H and O–H groups in total. The molecule has 0 aliphatic carbocycles. The number of aromatic nitrogens is 1. The number of Topliss-reactive ketones (excluding diaryl/α,β-unsaturated/α-hetero) is 1. The van der Waals surface area contributed by atoms with E-state index in [1.165, 1.54) is 15.6 Å². The van der Waals surface area contributed by atoms with E-state index in [-0.39, 0.29) is 10.7 Å². The average Bonchev–Trinajstić information content (AvgIpc) is 3.09. The molecule has 0 aliphatic heterocycles. The smallest absolute Gasteiger partial charge is 0.243 e. The lowest BCUT2D eigenvalue weighted by molar-refractivity contribution is -0.118. The van der Waals surface area contributed by atoms with Gasteiger partial charge in [-0.05, 0) is 18.6 Å². The predicted octanol–water partition coefficient (Wildman–Crippen LogP) is 4.14. The van der Waals surface area contributed by atoms with E-state index in [9.17, 15) is 13.2 Å². The lowest BCUT2D eigenvalue weighted by Crippen LogP contribution is -2.30. The lowest BCUT2D eigenvalue weighted by Gasteiger charge is -2.18. The van der Waals surface area contributed by atoms with Gasteiger partial charge in [0.05, 0.1) is 17.0 Å². The Hall–Kier alpha value is -1.57. The molecule has 0 saturated carbocycles. The van der Waals surface area contributed by atoms with Crippen LogP contribution in [-0.4, -0.2) is 36.6 Å². The molecule has 5 nitrogen and oxygen atoms in total. The van der Waals surface area contributed by atoms with Crippen molar-refractivity contribution >= 4 is 27.1 Å². The summed E-state index contributed by atoms with van der Waals surface area (Å²) in [7, 11) is -3.45. The summed E-state index contributed by atoms with van der Waals surface area (Å²) in [4.78, 5) is 16.7. The zero-order chi connectivity index (χ0) is 19.2. The molecule has 1 aromatic carbocycles. The minimum atomic E-state index is -3.45. The maximum Gasteiger partial charge on any atom is 0.243 e. The first kappa shape index (κ1) is 20.7. The number of benzene rings is 1. The van der Waals surface area contributed by atoms with Crippen molar-refractivity contribution in [1.29, 1.82) is 0 Å². The summed E-state index contributed by atoms with van der Waals surface area (Å²) in [6.45, 7) is 6.62. The first-order valence-corrected chi connectivity index (χ1v) is 11.3. The maximum absolute atomic E-state index is 12.5. The van der Waals surface area contributed by atoms with Crippen LogP contribution in [0.1, 0.15) is 45.0 Å². The molecule has 0 bridgehead atoms. The minimum Gasteiger partial charge on any atom is -0.299 e. The molecule has 7 heteroatoms. The second-order valence-electron chi connectivity index (χ2n) is 6.06. The van der Waals surface area contributed by atoms with Crippen molar-refractivity contribution in [2.75, 3.05) is 13.1 Å². The molecule has 0 aliphatic rings. The fourth-order valence-electron chi connectivity index (χ4n) is 2.67.